The number of fused-ring (bicyclic) bond motifs is 1. The predicted molar refractivity (Wildman–Crippen MR) is 106 cm³/mol. The number of nitrogens with zero attached hydrogens (tertiary/aromatic N) is 2. The number of rotatable bonds is 5. The molecule has 0 saturated carbocycles. The smallest absolute Gasteiger partial charge is 0.278 e. The Labute approximate surface area is 167 Å². The third-order valence-electron chi connectivity index (χ3n) is 5.37. The zero-order valence-corrected chi connectivity index (χ0v) is 17.3. The largest absolute Gasteiger partial charge is 0.485 e. The molecule has 1 atom stereocenters. The van der Waals surface area contributed by atoms with Gasteiger partial charge in [0.1, 0.15) is 6.61 Å². The molecule has 0 radical (unpaired) electrons. The van der Waals surface area contributed by atoms with Crippen molar-refractivity contribution < 1.29 is 24.0 Å². The first-order valence-corrected chi connectivity index (χ1v) is 10.2. The summed E-state index contributed by atoms with van der Waals surface area (Å²) >= 11 is 0. The van der Waals surface area contributed by atoms with E-state index < -0.39 is 6.10 Å². The number of carbonyl (C=O) groups excluding carboxylic acids is 2. The molecule has 0 spiro atoms. The van der Waals surface area contributed by atoms with Crippen molar-refractivity contribution in [1.29, 1.82) is 0 Å². The summed E-state index contributed by atoms with van der Waals surface area (Å²) in [7, 11) is 0. The number of hydrogen-bond donors (Lipinski definition) is 1. The van der Waals surface area contributed by atoms with Gasteiger partial charge >= 0.3 is 0 Å². The number of carbonyl (C=O) groups is 2. The van der Waals surface area contributed by atoms with Gasteiger partial charge in [-0.2, -0.15) is 0 Å². The zero-order chi connectivity index (χ0) is 20.3. The molecule has 28 heavy (non-hydrogen) atoms. The van der Waals surface area contributed by atoms with E-state index in [1.165, 1.54) is 4.90 Å². The number of quaternary nitrogens is 1. The van der Waals surface area contributed by atoms with Crippen molar-refractivity contribution in [3.05, 3.63) is 24.3 Å². The standard InChI is InChI=1S/C21H31N3O4/c1-15(2)24(16(3)4)20(25)13-22-9-11-23(12-10-22)21(26)19-14-27-17-7-5-6-8-18(17)28-19/h5-8,15-16,19H,9-14H2,1-4H3/p+1/t19-/m1/s1. The molecule has 7 heteroatoms. The van der Waals surface area contributed by atoms with Crippen molar-refractivity contribution in [3.63, 3.8) is 0 Å². The maximum Gasteiger partial charge on any atom is 0.278 e. The SMILES string of the molecule is CC(C)N(C(=O)C[NH+]1CCN(C(=O)[C@H]2COc3ccccc3O2)CC1)C(C)C. The highest BCUT2D eigenvalue weighted by molar-refractivity contribution is 5.82. The average molecular weight is 391 g/mol. The molecule has 1 saturated heterocycles. The zero-order valence-electron chi connectivity index (χ0n) is 17.3. The summed E-state index contributed by atoms with van der Waals surface area (Å²) in [5.41, 5.74) is 0. The molecule has 2 aliphatic rings. The first-order chi connectivity index (χ1) is 13.4. The highest BCUT2D eigenvalue weighted by Gasteiger charge is 2.34. The van der Waals surface area contributed by atoms with E-state index >= 15 is 0 Å². The molecule has 3 rings (SSSR count). The van der Waals surface area contributed by atoms with Gasteiger partial charge in [0, 0.05) is 12.1 Å². The van der Waals surface area contributed by atoms with Crippen LogP contribution in [0.5, 0.6) is 11.5 Å². The lowest BCUT2D eigenvalue weighted by molar-refractivity contribution is -0.896. The molecular formula is C21H32N3O4+. The van der Waals surface area contributed by atoms with Crippen LogP contribution in [-0.4, -0.2) is 79.1 Å². The fourth-order valence-electron chi connectivity index (χ4n) is 4.04. The molecular weight excluding hydrogens is 358 g/mol. The van der Waals surface area contributed by atoms with E-state index in [9.17, 15) is 9.59 Å². The Morgan fingerprint density at radius 1 is 1.11 bits per heavy atom. The van der Waals surface area contributed by atoms with Crippen LogP contribution in [0.1, 0.15) is 27.7 Å². The number of benzene rings is 1. The summed E-state index contributed by atoms with van der Waals surface area (Å²) in [5.74, 6) is 1.44. The quantitative estimate of drug-likeness (QED) is 0.780. The van der Waals surface area contributed by atoms with E-state index in [1.807, 2.05) is 61.8 Å². The fraction of sp³-hybridized carbons (Fsp3) is 0.619. The van der Waals surface area contributed by atoms with E-state index in [4.69, 9.17) is 9.47 Å². The second-order valence-corrected chi connectivity index (χ2v) is 8.10. The van der Waals surface area contributed by atoms with Gasteiger partial charge in [-0.1, -0.05) is 12.1 Å². The number of nitrogens with one attached hydrogen (secondary N) is 1. The van der Waals surface area contributed by atoms with Crippen LogP contribution in [0.2, 0.25) is 0 Å². The van der Waals surface area contributed by atoms with Gasteiger partial charge in [-0.05, 0) is 39.8 Å². The van der Waals surface area contributed by atoms with Gasteiger partial charge in [-0.3, -0.25) is 9.59 Å². The van der Waals surface area contributed by atoms with Crippen LogP contribution in [0.15, 0.2) is 24.3 Å². The Hall–Kier alpha value is -2.28. The molecule has 0 unspecified atom stereocenters. The molecule has 2 amide bonds. The van der Waals surface area contributed by atoms with E-state index in [0.717, 1.165) is 13.1 Å². The van der Waals surface area contributed by atoms with Crippen LogP contribution < -0.4 is 14.4 Å². The normalized spacial score (nSPS) is 19.8. The van der Waals surface area contributed by atoms with Gasteiger partial charge in [-0.15, -0.1) is 0 Å². The summed E-state index contributed by atoms with van der Waals surface area (Å²) in [5, 5.41) is 0. The molecule has 1 aromatic rings. The second-order valence-electron chi connectivity index (χ2n) is 8.10. The Morgan fingerprint density at radius 2 is 1.71 bits per heavy atom. The third kappa shape index (κ3) is 4.58. The van der Waals surface area contributed by atoms with Crippen LogP contribution in [0.25, 0.3) is 0 Å². The molecule has 0 bridgehead atoms. The summed E-state index contributed by atoms with van der Waals surface area (Å²) < 4.78 is 11.5. The Bertz CT molecular complexity index is 691. The minimum Gasteiger partial charge on any atom is -0.485 e. The van der Waals surface area contributed by atoms with Crippen molar-refractivity contribution in [3.8, 4) is 11.5 Å². The van der Waals surface area contributed by atoms with Crippen LogP contribution in [0, 0.1) is 0 Å². The van der Waals surface area contributed by atoms with Crippen molar-refractivity contribution in [2.24, 2.45) is 0 Å². The van der Waals surface area contributed by atoms with Crippen LogP contribution in [0.4, 0.5) is 0 Å². The predicted octanol–water partition coefficient (Wildman–Crippen LogP) is 0.199. The number of amides is 2. The van der Waals surface area contributed by atoms with E-state index in [0.29, 0.717) is 31.1 Å². The third-order valence-corrected chi connectivity index (χ3v) is 5.37. The molecule has 0 aromatic heterocycles. The molecule has 2 heterocycles. The van der Waals surface area contributed by atoms with E-state index in [1.54, 1.807) is 0 Å². The maximum absolute atomic E-state index is 12.8. The lowest BCUT2D eigenvalue weighted by Crippen LogP contribution is -3.16. The lowest BCUT2D eigenvalue weighted by Gasteiger charge is -2.36. The summed E-state index contributed by atoms with van der Waals surface area (Å²) in [6, 6.07) is 7.80. The Kier molecular flexibility index (Phi) is 6.44. The van der Waals surface area contributed by atoms with Gasteiger partial charge in [0.25, 0.3) is 11.8 Å². The fourth-order valence-corrected chi connectivity index (χ4v) is 4.04. The van der Waals surface area contributed by atoms with E-state index in [-0.39, 0.29) is 30.5 Å². The molecule has 1 N–H and O–H groups in total. The summed E-state index contributed by atoms with van der Waals surface area (Å²) in [6.45, 7) is 11.7. The van der Waals surface area contributed by atoms with Gasteiger partial charge in [0.15, 0.2) is 18.0 Å². The monoisotopic (exact) mass is 390 g/mol. The minimum absolute atomic E-state index is 0.0362. The van der Waals surface area contributed by atoms with Crippen molar-refractivity contribution in [2.75, 3.05) is 39.3 Å². The molecule has 7 nitrogen and oxygen atoms in total. The van der Waals surface area contributed by atoms with Crippen molar-refractivity contribution in [1.82, 2.24) is 9.80 Å². The van der Waals surface area contributed by atoms with Crippen LogP contribution in [-0.2, 0) is 9.59 Å². The summed E-state index contributed by atoms with van der Waals surface area (Å²) in [6.07, 6.45) is -0.601. The molecule has 0 aliphatic carbocycles. The Balaban J connectivity index is 1.50. The first kappa shape index (κ1) is 20.5. The molecule has 154 valence electrons. The second kappa shape index (κ2) is 8.82. The topological polar surface area (TPSA) is 63.5 Å². The van der Waals surface area contributed by atoms with Crippen LogP contribution in [0.3, 0.4) is 0 Å². The highest BCUT2D eigenvalue weighted by atomic mass is 16.6. The number of piperazine rings is 1. The summed E-state index contributed by atoms with van der Waals surface area (Å²) in [4.78, 5) is 30.5. The molecule has 1 fully saturated rings. The van der Waals surface area contributed by atoms with Gasteiger partial charge < -0.3 is 24.2 Å². The van der Waals surface area contributed by atoms with Gasteiger partial charge in [-0.25, -0.2) is 0 Å². The first-order valence-electron chi connectivity index (χ1n) is 10.2. The molecule has 1 aromatic carbocycles. The van der Waals surface area contributed by atoms with Crippen LogP contribution >= 0.6 is 0 Å². The number of hydrogen-bond acceptors (Lipinski definition) is 4. The van der Waals surface area contributed by atoms with E-state index in [2.05, 4.69) is 0 Å². The number of ether oxygens (including phenoxy) is 2. The van der Waals surface area contributed by atoms with Gasteiger partial charge in [0.2, 0.25) is 6.10 Å². The van der Waals surface area contributed by atoms with Gasteiger partial charge in [0.05, 0.1) is 26.2 Å². The average Bonchev–Trinajstić information content (AvgIpc) is 2.67. The maximum atomic E-state index is 12.8. The highest BCUT2D eigenvalue weighted by Crippen LogP contribution is 2.31. The van der Waals surface area contributed by atoms with Crippen molar-refractivity contribution >= 4 is 11.8 Å². The molecule has 2 aliphatic heterocycles. The lowest BCUT2D eigenvalue weighted by atomic mass is 10.2. The number of para-hydroxylation sites is 2. The minimum atomic E-state index is -0.601. The van der Waals surface area contributed by atoms with Crippen molar-refractivity contribution in [2.45, 2.75) is 45.9 Å². The Morgan fingerprint density at radius 3 is 2.32 bits per heavy atom.